The molecule has 0 aliphatic carbocycles. The lowest BCUT2D eigenvalue weighted by atomic mass is 10.1. The van der Waals surface area contributed by atoms with Crippen LogP contribution in [0.2, 0.25) is 0 Å². The van der Waals surface area contributed by atoms with Gasteiger partial charge in [-0.2, -0.15) is 0 Å². The lowest BCUT2D eigenvalue weighted by molar-refractivity contribution is 0.144. The molecule has 0 aliphatic heterocycles. The first kappa shape index (κ1) is 42.4. The molecular formula is C30H66O8P2. The summed E-state index contributed by atoms with van der Waals surface area (Å²) in [5.41, 5.74) is 0. The predicted octanol–water partition coefficient (Wildman–Crippen LogP) is 10.9. The first-order valence-corrected chi connectivity index (χ1v) is 19.5. The summed E-state index contributed by atoms with van der Waals surface area (Å²) in [6.45, 7) is 9.95. The number of hydrogen-bond donors (Lipinski definition) is 2. The summed E-state index contributed by atoms with van der Waals surface area (Å²) in [4.78, 5) is 18.9. The summed E-state index contributed by atoms with van der Waals surface area (Å²) in [6, 6.07) is 0. The van der Waals surface area contributed by atoms with Gasteiger partial charge in [-0.3, -0.25) is 18.1 Å². The van der Waals surface area contributed by atoms with Crippen molar-refractivity contribution in [2.75, 3.05) is 26.4 Å². The summed E-state index contributed by atoms with van der Waals surface area (Å²) in [5, 5.41) is 0. The van der Waals surface area contributed by atoms with Crippen LogP contribution in [-0.2, 0) is 27.2 Å². The van der Waals surface area contributed by atoms with Gasteiger partial charge in [0.15, 0.2) is 0 Å². The largest absolute Gasteiger partial charge is 0.472 e. The van der Waals surface area contributed by atoms with Gasteiger partial charge in [0.05, 0.1) is 26.4 Å². The molecule has 0 aromatic carbocycles. The van der Waals surface area contributed by atoms with Crippen molar-refractivity contribution >= 4 is 15.6 Å². The standard InChI is InChI=1S/C16H35O4P.C14H31O4P/c1-3-5-7-9-11-13-15-19-21(17,18)20-16-14-12-10-8-6-4-2;1-3-5-7-9-11-13-17-19(15,16)18-14-12-10-8-6-4-2/h3-16H2,1-2H3,(H,17,18);3-14H2,1-2H3,(H,15,16). The Morgan fingerprint density at radius 3 is 0.725 bits per heavy atom. The second kappa shape index (κ2) is 32.1. The smallest absolute Gasteiger partial charge is 0.302 e. The number of phosphoric acid groups is 2. The Balaban J connectivity index is 0. The normalized spacial score (nSPS) is 11.9. The van der Waals surface area contributed by atoms with Gasteiger partial charge in [0.25, 0.3) is 0 Å². The molecule has 0 saturated carbocycles. The molecule has 0 aliphatic rings. The molecule has 0 bridgehead atoms. The van der Waals surface area contributed by atoms with Gasteiger partial charge in [-0.25, -0.2) is 9.13 Å². The van der Waals surface area contributed by atoms with E-state index < -0.39 is 15.6 Å². The second-order valence-corrected chi connectivity index (χ2v) is 13.5. The van der Waals surface area contributed by atoms with E-state index in [0.29, 0.717) is 26.4 Å². The van der Waals surface area contributed by atoms with Crippen LogP contribution in [0.4, 0.5) is 0 Å². The van der Waals surface area contributed by atoms with Crippen molar-refractivity contribution in [3.63, 3.8) is 0 Å². The molecule has 0 saturated heterocycles. The zero-order chi connectivity index (χ0) is 30.2. The first-order chi connectivity index (χ1) is 19.2. The molecule has 0 aromatic rings. The Kier molecular flexibility index (Phi) is 34.0. The molecule has 0 heterocycles. The minimum absolute atomic E-state index is 0.313. The zero-order valence-corrected chi connectivity index (χ0v) is 28.4. The molecule has 8 nitrogen and oxygen atoms in total. The fraction of sp³-hybridized carbons (Fsp3) is 1.00. The molecule has 0 aromatic heterocycles. The lowest BCUT2D eigenvalue weighted by Crippen LogP contribution is -1.99. The maximum atomic E-state index is 11.6. The first-order valence-electron chi connectivity index (χ1n) is 16.5. The van der Waals surface area contributed by atoms with Gasteiger partial charge in [-0.15, -0.1) is 0 Å². The third kappa shape index (κ3) is 36.2. The van der Waals surface area contributed by atoms with Gasteiger partial charge in [0.2, 0.25) is 0 Å². The molecule has 40 heavy (non-hydrogen) atoms. The highest BCUT2D eigenvalue weighted by Gasteiger charge is 2.20. The summed E-state index contributed by atoms with van der Waals surface area (Å²) in [6.07, 6.45) is 24.5. The summed E-state index contributed by atoms with van der Waals surface area (Å²) < 4.78 is 42.9. The van der Waals surface area contributed by atoms with Gasteiger partial charge in [0, 0.05) is 0 Å². The van der Waals surface area contributed by atoms with Crippen LogP contribution in [0.1, 0.15) is 169 Å². The topological polar surface area (TPSA) is 112 Å². The van der Waals surface area contributed by atoms with Crippen molar-refractivity contribution in [3.8, 4) is 0 Å². The number of hydrogen-bond acceptors (Lipinski definition) is 6. The van der Waals surface area contributed by atoms with Gasteiger partial charge in [-0.1, -0.05) is 143 Å². The van der Waals surface area contributed by atoms with Gasteiger partial charge in [0.1, 0.15) is 0 Å². The molecule has 244 valence electrons. The zero-order valence-electron chi connectivity index (χ0n) is 26.6. The van der Waals surface area contributed by atoms with Crippen molar-refractivity contribution in [2.24, 2.45) is 0 Å². The lowest BCUT2D eigenvalue weighted by Gasteiger charge is -2.12. The van der Waals surface area contributed by atoms with Crippen LogP contribution in [-0.4, -0.2) is 36.2 Å². The minimum atomic E-state index is -3.82. The fourth-order valence-electron chi connectivity index (χ4n) is 3.97. The van der Waals surface area contributed by atoms with E-state index in [2.05, 4.69) is 27.7 Å². The Labute approximate surface area is 247 Å². The molecule has 0 fully saturated rings. The second-order valence-electron chi connectivity index (χ2n) is 10.6. The molecule has 0 atom stereocenters. The Morgan fingerprint density at radius 1 is 0.350 bits per heavy atom. The van der Waals surface area contributed by atoms with Gasteiger partial charge >= 0.3 is 15.6 Å². The Bertz CT molecular complexity index is 550. The van der Waals surface area contributed by atoms with Crippen LogP contribution in [0.25, 0.3) is 0 Å². The summed E-state index contributed by atoms with van der Waals surface area (Å²) in [5.74, 6) is 0. The monoisotopic (exact) mass is 616 g/mol. The van der Waals surface area contributed by atoms with E-state index in [1.165, 1.54) is 77.0 Å². The van der Waals surface area contributed by atoms with Crippen molar-refractivity contribution in [1.82, 2.24) is 0 Å². The number of rotatable bonds is 30. The molecular weight excluding hydrogens is 550 g/mol. The van der Waals surface area contributed by atoms with Crippen molar-refractivity contribution in [2.45, 2.75) is 169 Å². The van der Waals surface area contributed by atoms with E-state index in [-0.39, 0.29) is 0 Å². The molecule has 0 radical (unpaired) electrons. The average molecular weight is 617 g/mol. The van der Waals surface area contributed by atoms with Crippen LogP contribution in [0.5, 0.6) is 0 Å². The van der Waals surface area contributed by atoms with E-state index in [1.807, 2.05) is 0 Å². The van der Waals surface area contributed by atoms with E-state index in [9.17, 15) is 18.9 Å². The van der Waals surface area contributed by atoms with E-state index in [0.717, 1.165) is 64.2 Å². The maximum Gasteiger partial charge on any atom is 0.472 e. The third-order valence-electron chi connectivity index (χ3n) is 6.51. The summed E-state index contributed by atoms with van der Waals surface area (Å²) >= 11 is 0. The van der Waals surface area contributed by atoms with E-state index in [1.54, 1.807) is 0 Å². The molecule has 0 spiro atoms. The SMILES string of the molecule is CCCCCCCCOP(=O)(O)OCCCCCCCC.CCCCCCCOP(=O)(O)OCCCCCCC. The average Bonchev–Trinajstić information content (AvgIpc) is 2.92. The van der Waals surface area contributed by atoms with Crippen molar-refractivity contribution in [3.05, 3.63) is 0 Å². The van der Waals surface area contributed by atoms with Crippen molar-refractivity contribution in [1.29, 1.82) is 0 Å². The molecule has 0 unspecified atom stereocenters. The van der Waals surface area contributed by atoms with Crippen molar-refractivity contribution < 1.29 is 37.0 Å². The maximum absolute atomic E-state index is 11.6. The highest BCUT2D eigenvalue weighted by molar-refractivity contribution is 7.47. The number of phosphoric ester groups is 2. The highest BCUT2D eigenvalue weighted by Crippen LogP contribution is 2.44. The Hall–Kier alpha value is 0.220. The highest BCUT2D eigenvalue weighted by atomic mass is 31.2. The van der Waals surface area contributed by atoms with Crippen LogP contribution < -0.4 is 0 Å². The molecule has 2 N–H and O–H groups in total. The summed E-state index contributed by atoms with van der Waals surface area (Å²) in [7, 11) is -7.62. The van der Waals surface area contributed by atoms with Crippen LogP contribution >= 0.6 is 15.6 Å². The Morgan fingerprint density at radius 2 is 0.525 bits per heavy atom. The molecule has 0 rings (SSSR count). The van der Waals surface area contributed by atoms with E-state index >= 15 is 0 Å². The number of unbranched alkanes of at least 4 members (excludes halogenated alkanes) is 18. The van der Waals surface area contributed by atoms with E-state index in [4.69, 9.17) is 18.1 Å². The molecule has 0 amide bonds. The van der Waals surface area contributed by atoms with Crippen LogP contribution in [0.3, 0.4) is 0 Å². The van der Waals surface area contributed by atoms with Crippen LogP contribution in [0.15, 0.2) is 0 Å². The fourth-order valence-corrected chi connectivity index (χ4v) is 5.56. The minimum Gasteiger partial charge on any atom is -0.302 e. The predicted molar refractivity (Wildman–Crippen MR) is 168 cm³/mol. The third-order valence-corrected chi connectivity index (χ3v) is 8.54. The van der Waals surface area contributed by atoms with Crippen LogP contribution in [0, 0.1) is 0 Å². The quantitative estimate of drug-likeness (QED) is 0.0605. The molecule has 10 heteroatoms. The van der Waals surface area contributed by atoms with Gasteiger partial charge in [-0.05, 0) is 25.7 Å². The van der Waals surface area contributed by atoms with Gasteiger partial charge < -0.3 is 9.79 Å².